The summed E-state index contributed by atoms with van der Waals surface area (Å²) in [5.74, 6) is 1.57. The van der Waals surface area contributed by atoms with Crippen LogP contribution < -0.4 is 4.74 Å². The molecule has 0 radical (unpaired) electrons. The number of carbonyl (C=O) groups excluding carboxylic acids is 1. The number of benzene rings is 1. The zero-order valence-corrected chi connectivity index (χ0v) is 21.4. The van der Waals surface area contributed by atoms with E-state index in [0.717, 1.165) is 24.3 Å². The number of hydrogen-bond acceptors (Lipinski definition) is 6. The Morgan fingerprint density at radius 1 is 1.29 bits per heavy atom. The molecule has 34 heavy (non-hydrogen) atoms. The van der Waals surface area contributed by atoms with E-state index in [-0.39, 0.29) is 18.1 Å². The van der Waals surface area contributed by atoms with Crippen molar-refractivity contribution in [2.45, 2.75) is 58.3 Å². The lowest BCUT2D eigenvalue weighted by Gasteiger charge is -2.37. The summed E-state index contributed by atoms with van der Waals surface area (Å²) < 4.78 is 11.8. The summed E-state index contributed by atoms with van der Waals surface area (Å²) >= 11 is 1.76. The normalized spacial score (nSPS) is 18.9. The van der Waals surface area contributed by atoms with Crippen LogP contribution in [0.4, 0.5) is 0 Å². The molecule has 0 unspecified atom stereocenters. The Balaban J connectivity index is 1.43. The summed E-state index contributed by atoms with van der Waals surface area (Å²) in [6.45, 7) is 9.03. The van der Waals surface area contributed by atoms with E-state index in [4.69, 9.17) is 9.47 Å². The van der Waals surface area contributed by atoms with Crippen molar-refractivity contribution < 1.29 is 19.4 Å². The van der Waals surface area contributed by atoms with E-state index in [1.54, 1.807) is 11.3 Å². The Labute approximate surface area is 207 Å². The van der Waals surface area contributed by atoms with E-state index >= 15 is 0 Å². The average molecular weight is 487 g/mol. The average Bonchev–Trinajstić information content (AvgIpc) is 3.47. The van der Waals surface area contributed by atoms with E-state index < -0.39 is 6.10 Å². The highest BCUT2D eigenvalue weighted by Crippen LogP contribution is 2.34. The minimum atomic E-state index is -0.598. The first-order valence-corrected chi connectivity index (χ1v) is 13.3. The molecule has 0 bridgehead atoms. The second kappa shape index (κ2) is 11.7. The lowest BCUT2D eigenvalue weighted by Crippen LogP contribution is -2.48. The van der Waals surface area contributed by atoms with Crippen molar-refractivity contribution in [1.82, 2.24) is 9.80 Å². The summed E-state index contributed by atoms with van der Waals surface area (Å²) in [6, 6.07) is 10.1. The molecule has 0 spiro atoms. The number of fused-ring (bicyclic) bond motifs is 1. The van der Waals surface area contributed by atoms with E-state index in [0.29, 0.717) is 38.8 Å². The number of aryl methyl sites for hydroxylation is 1. The quantitative estimate of drug-likeness (QED) is 0.490. The molecular formula is C27H38N2O4S. The van der Waals surface area contributed by atoms with Crippen LogP contribution >= 0.6 is 11.3 Å². The van der Waals surface area contributed by atoms with Gasteiger partial charge in [-0.1, -0.05) is 12.1 Å². The molecule has 2 aliphatic rings. The summed E-state index contributed by atoms with van der Waals surface area (Å²) in [7, 11) is 0. The van der Waals surface area contributed by atoms with Crippen molar-refractivity contribution in [3.8, 4) is 5.75 Å². The van der Waals surface area contributed by atoms with Crippen LogP contribution in [0.3, 0.4) is 0 Å². The molecule has 1 aliphatic heterocycles. The molecule has 0 saturated heterocycles. The number of rotatable bonds is 12. The van der Waals surface area contributed by atoms with Crippen LogP contribution in [-0.4, -0.2) is 72.4 Å². The Hall–Kier alpha value is -1.93. The maximum absolute atomic E-state index is 13.6. The smallest absolute Gasteiger partial charge is 0.237 e. The van der Waals surface area contributed by atoms with Gasteiger partial charge in [0.15, 0.2) is 0 Å². The van der Waals surface area contributed by atoms with E-state index in [1.165, 1.54) is 23.3 Å². The summed E-state index contributed by atoms with van der Waals surface area (Å²) in [5.41, 5.74) is 2.36. The van der Waals surface area contributed by atoms with Gasteiger partial charge in [0.05, 0.1) is 31.4 Å². The van der Waals surface area contributed by atoms with Crippen LogP contribution in [0.15, 0.2) is 35.7 Å². The minimum Gasteiger partial charge on any atom is -0.491 e. The zero-order valence-electron chi connectivity index (χ0n) is 20.6. The van der Waals surface area contributed by atoms with Gasteiger partial charge in [0, 0.05) is 24.5 Å². The van der Waals surface area contributed by atoms with Gasteiger partial charge in [-0.05, 0) is 80.7 Å². The molecule has 1 aliphatic carbocycles. The number of amides is 1. The van der Waals surface area contributed by atoms with Gasteiger partial charge in [0.25, 0.3) is 0 Å². The van der Waals surface area contributed by atoms with E-state index in [1.807, 2.05) is 36.9 Å². The van der Waals surface area contributed by atoms with Gasteiger partial charge < -0.3 is 19.5 Å². The topological polar surface area (TPSA) is 62.2 Å². The lowest BCUT2D eigenvalue weighted by atomic mass is 10.0. The molecule has 4 rings (SSSR count). The molecule has 1 fully saturated rings. The van der Waals surface area contributed by atoms with Crippen molar-refractivity contribution in [2.24, 2.45) is 5.92 Å². The molecule has 2 atom stereocenters. The highest BCUT2D eigenvalue weighted by molar-refractivity contribution is 7.10. The van der Waals surface area contributed by atoms with Crippen LogP contribution in [0, 0.1) is 12.8 Å². The molecular weight excluding hydrogens is 448 g/mol. The molecule has 1 amide bonds. The van der Waals surface area contributed by atoms with Crippen molar-refractivity contribution in [3.05, 3.63) is 51.7 Å². The molecule has 186 valence electrons. The first-order chi connectivity index (χ1) is 16.4. The molecule has 1 saturated carbocycles. The minimum absolute atomic E-state index is 0.0791. The maximum Gasteiger partial charge on any atom is 0.237 e. The van der Waals surface area contributed by atoms with E-state index in [2.05, 4.69) is 29.3 Å². The lowest BCUT2D eigenvalue weighted by molar-refractivity contribution is -0.136. The summed E-state index contributed by atoms with van der Waals surface area (Å²) in [5, 5.41) is 12.6. The molecule has 2 heterocycles. The monoisotopic (exact) mass is 486 g/mol. The fourth-order valence-electron chi connectivity index (χ4n) is 4.56. The first-order valence-electron chi connectivity index (χ1n) is 12.5. The Bertz CT molecular complexity index is 942. The predicted molar refractivity (Wildman–Crippen MR) is 135 cm³/mol. The van der Waals surface area contributed by atoms with Gasteiger partial charge in [0.2, 0.25) is 5.91 Å². The number of aliphatic hydroxyl groups is 1. The highest BCUT2D eigenvalue weighted by atomic mass is 32.1. The molecule has 1 N–H and O–H groups in total. The Morgan fingerprint density at radius 2 is 2.12 bits per heavy atom. The summed E-state index contributed by atoms with van der Waals surface area (Å²) in [6.07, 6.45) is 2.78. The van der Waals surface area contributed by atoms with Crippen molar-refractivity contribution in [3.63, 3.8) is 0 Å². The van der Waals surface area contributed by atoms with Gasteiger partial charge in [-0.3, -0.25) is 9.69 Å². The number of thiophene rings is 1. The molecule has 1 aromatic heterocycles. The van der Waals surface area contributed by atoms with Gasteiger partial charge in [-0.15, -0.1) is 11.3 Å². The first kappa shape index (κ1) is 25.2. The third kappa shape index (κ3) is 7.04. The van der Waals surface area contributed by atoms with Crippen LogP contribution in [0.5, 0.6) is 5.75 Å². The number of hydrogen-bond donors (Lipinski definition) is 1. The molecule has 2 aromatic rings. The second-order valence-electron chi connectivity index (χ2n) is 9.95. The highest BCUT2D eigenvalue weighted by Gasteiger charge is 2.34. The largest absolute Gasteiger partial charge is 0.491 e. The van der Waals surface area contributed by atoms with Crippen LogP contribution in [0.2, 0.25) is 0 Å². The van der Waals surface area contributed by atoms with Crippen LogP contribution in [-0.2, 0) is 16.0 Å². The molecule has 1 aromatic carbocycles. The van der Waals surface area contributed by atoms with E-state index in [9.17, 15) is 9.90 Å². The number of ether oxygens (including phenoxy) is 2. The fraction of sp³-hybridized carbons (Fsp3) is 0.593. The van der Waals surface area contributed by atoms with Crippen LogP contribution in [0.25, 0.3) is 0 Å². The standard InChI is InChI=1S/C27H38N2O4S/c1-19(2)32-17-22(30)15-28(14-21-7-8-21)16-27(31)29-11-9-26-24(10-12-34-26)25(29)18-33-23-6-4-5-20(3)13-23/h4-6,10,12-13,19,21-22,25,30H,7-9,11,14-18H2,1-3H3/t22-,25+/m1/s1. The van der Waals surface area contributed by atoms with Gasteiger partial charge in [0.1, 0.15) is 12.4 Å². The molecule has 7 heteroatoms. The van der Waals surface area contributed by atoms with Gasteiger partial charge in [-0.2, -0.15) is 0 Å². The fourth-order valence-corrected chi connectivity index (χ4v) is 5.49. The Morgan fingerprint density at radius 3 is 2.85 bits per heavy atom. The summed E-state index contributed by atoms with van der Waals surface area (Å²) in [4.78, 5) is 19.0. The number of nitrogens with zero attached hydrogens (tertiary/aromatic N) is 2. The second-order valence-corrected chi connectivity index (χ2v) is 11.0. The molecule has 6 nitrogen and oxygen atoms in total. The van der Waals surface area contributed by atoms with Gasteiger partial charge >= 0.3 is 0 Å². The predicted octanol–water partition coefficient (Wildman–Crippen LogP) is 4.06. The number of carbonyl (C=O) groups is 1. The van der Waals surface area contributed by atoms with Crippen LogP contribution in [0.1, 0.15) is 48.7 Å². The Kier molecular flexibility index (Phi) is 8.64. The van der Waals surface area contributed by atoms with Crippen molar-refractivity contribution in [1.29, 1.82) is 0 Å². The van der Waals surface area contributed by atoms with Crippen molar-refractivity contribution >= 4 is 17.2 Å². The SMILES string of the molecule is Cc1cccc(OC[C@H]2c3ccsc3CCN2C(=O)CN(CC2CC2)C[C@@H](O)COC(C)C)c1. The third-order valence-electron chi connectivity index (χ3n) is 6.48. The maximum atomic E-state index is 13.6. The van der Waals surface area contributed by atoms with Gasteiger partial charge in [-0.25, -0.2) is 0 Å². The third-order valence-corrected chi connectivity index (χ3v) is 7.47. The zero-order chi connectivity index (χ0) is 24.1. The number of aliphatic hydroxyl groups excluding tert-OH is 1. The van der Waals surface area contributed by atoms with Crippen molar-refractivity contribution in [2.75, 3.05) is 39.4 Å².